The number of ether oxygens (including phenoxy) is 2. The van der Waals surface area contributed by atoms with Gasteiger partial charge in [-0.2, -0.15) is 5.10 Å². The van der Waals surface area contributed by atoms with Crippen molar-refractivity contribution in [3.8, 4) is 22.1 Å². The zero-order valence-electron chi connectivity index (χ0n) is 17.8. The predicted molar refractivity (Wildman–Crippen MR) is 124 cm³/mol. The summed E-state index contributed by atoms with van der Waals surface area (Å²) in [5.74, 6) is 1.52. The molecule has 1 aromatic carbocycles. The fourth-order valence-corrected chi connectivity index (χ4v) is 3.81. The zero-order valence-corrected chi connectivity index (χ0v) is 18.6. The largest absolute Gasteiger partial charge is 0.504 e. The van der Waals surface area contributed by atoms with E-state index in [4.69, 9.17) is 19.6 Å². The van der Waals surface area contributed by atoms with E-state index < -0.39 is 0 Å². The molecule has 3 heterocycles. The first-order valence-electron chi connectivity index (χ1n) is 9.67. The monoisotopic (exact) mass is 433 g/mol. The highest BCUT2D eigenvalue weighted by Gasteiger charge is 2.15. The Hall–Kier alpha value is -3.65. The normalized spacial score (nSPS) is 11.1. The summed E-state index contributed by atoms with van der Waals surface area (Å²) in [5, 5.41) is 11.0. The van der Waals surface area contributed by atoms with Crippen molar-refractivity contribution in [2.45, 2.75) is 13.8 Å². The average molecular weight is 434 g/mol. The summed E-state index contributed by atoms with van der Waals surface area (Å²) in [4.78, 5) is 9.10. The van der Waals surface area contributed by atoms with Crippen LogP contribution < -0.4 is 10.1 Å². The van der Waals surface area contributed by atoms with Gasteiger partial charge in [-0.15, -0.1) is 11.3 Å². The third kappa shape index (κ3) is 4.44. The van der Waals surface area contributed by atoms with E-state index in [1.165, 1.54) is 0 Å². The van der Waals surface area contributed by atoms with Crippen molar-refractivity contribution in [1.29, 1.82) is 0 Å². The molecule has 0 unspecified atom stereocenters. The van der Waals surface area contributed by atoms with Gasteiger partial charge in [0.2, 0.25) is 0 Å². The Morgan fingerprint density at radius 3 is 2.71 bits per heavy atom. The summed E-state index contributed by atoms with van der Waals surface area (Å²) in [6, 6.07) is 9.84. The van der Waals surface area contributed by atoms with Crippen molar-refractivity contribution in [2.24, 2.45) is 0 Å². The minimum Gasteiger partial charge on any atom is -0.504 e. The lowest BCUT2D eigenvalue weighted by molar-refractivity contribution is 0.341. The number of anilines is 2. The van der Waals surface area contributed by atoms with Gasteiger partial charge in [-0.1, -0.05) is 0 Å². The molecule has 3 aromatic heterocycles. The van der Waals surface area contributed by atoms with Crippen molar-refractivity contribution in [2.75, 3.05) is 19.5 Å². The Morgan fingerprint density at radius 1 is 1.13 bits per heavy atom. The van der Waals surface area contributed by atoms with Crippen molar-refractivity contribution >= 4 is 28.9 Å². The summed E-state index contributed by atoms with van der Waals surface area (Å²) in [7, 11) is 3.28. The van der Waals surface area contributed by atoms with Gasteiger partial charge >= 0.3 is 0 Å². The summed E-state index contributed by atoms with van der Waals surface area (Å²) >= 11 is 1.56. The van der Waals surface area contributed by atoms with Gasteiger partial charge < -0.3 is 14.8 Å². The van der Waals surface area contributed by atoms with Crippen LogP contribution in [0.1, 0.15) is 16.8 Å². The number of aryl methyl sites for hydroxylation is 2. The van der Waals surface area contributed by atoms with E-state index in [0.717, 1.165) is 44.6 Å². The SMILES string of the molecule is CO/C=C/c1c(-n2ccc(-c3nccs3)n2)cc(C)nc1Nc1ccc(OC)cc1C. The van der Waals surface area contributed by atoms with Crippen LogP contribution >= 0.6 is 11.3 Å². The Labute approximate surface area is 185 Å². The molecule has 0 saturated carbocycles. The van der Waals surface area contributed by atoms with E-state index in [0.29, 0.717) is 5.82 Å². The minimum absolute atomic E-state index is 0.711. The van der Waals surface area contributed by atoms with E-state index in [9.17, 15) is 0 Å². The molecule has 31 heavy (non-hydrogen) atoms. The third-order valence-corrected chi connectivity index (χ3v) is 5.51. The van der Waals surface area contributed by atoms with Gasteiger partial charge in [0, 0.05) is 34.7 Å². The Kier molecular flexibility index (Phi) is 5.99. The molecular weight excluding hydrogens is 410 g/mol. The number of hydrogen-bond acceptors (Lipinski definition) is 7. The van der Waals surface area contributed by atoms with Crippen LogP contribution in [0.5, 0.6) is 5.75 Å². The number of methoxy groups -OCH3 is 2. The second kappa shape index (κ2) is 9.01. The summed E-state index contributed by atoms with van der Waals surface area (Å²) in [5.41, 5.74) is 5.43. The number of benzene rings is 1. The molecule has 0 fully saturated rings. The van der Waals surface area contributed by atoms with E-state index in [-0.39, 0.29) is 0 Å². The van der Waals surface area contributed by atoms with Gasteiger partial charge in [0.25, 0.3) is 0 Å². The number of pyridine rings is 1. The van der Waals surface area contributed by atoms with E-state index in [1.807, 2.05) is 66.5 Å². The first kappa shape index (κ1) is 20.6. The zero-order chi connectivity index (χ0) is 21.8. The fraction of sp³-hybridized carbons (Fsp3) is 0.174. The molecule has 4 rings (SSSR count). The maximum atomic E-state index is 5.32. The lowest BCUT2D eigenvalue weighted by Crippen LogP contribution is -2.06. The van der Waals surface area contributed by atoms with Gasteiger partial charge in [-0.25, -0.2) is 14.6 Å². The Morgan fingerprint density at radius 2 is 2.00 bits per heavy atom. The van der Waals surface area contributed by atoms with Gasteiger partial charge in [0.05, 0.1) is 26.2 Å². The van der Waals surface area contributed by atoms with Gasteiger partial charge in [-0.05, 0) is 55.8 Å². The number of nitrogens with zero attached hydrogens (tertiary/aromatic N) is 4. The van der Waals surface area contributed by atoms with Crippen molar-refractivity contribution in [1.82, 2.24) is 19.7 Å². The summed E-state index contributed by atoms with van der Waals surface area (Å²) in [6.45, 7) is 3.99. The molecule has 0 amide bonds. The molecule has 0 saturated heterocycles. The molecule has 4 aromatic rings. The predicted octanol–water partition coefficient (Wildman–Crippen LogP) is 5.38. The molecule has 0 spiro atoms. The maximum absolute atomic E-state index is 5.32. The van der Waals surface area contributed by atoms with Crippen molar-refractivity contribution in [3.05, 3.63) is 71.2 Å². The minimum atomic E-state index is 0.711. The Balaban J connectivity index is 1.79. The van der Waals surface area contributed by atoms with E-state index >= 15 is 0 Å². The van der Waals surface area contributed by atoms with Crippen LogP contribution in [0.4, 0.5) is 11.5 Å². The molecule has 0 atom stereocenters. The smallest absolute Gasteiger partial charge is 0.143 e. The molecular formula is C23H23N5O2S. The summed E-state index contributed by atoms with van der Waals surface area (Å²) in [6.07, 6.45) is 7.22. The van der Waals surface area contributed by atoms with Crippen LogP contribution in [0.25, 0.3) is 22.5 Å². The molecule has 0 bridgehead atoms. The number of rotatable bonds is 7. The topological polar surface area (TPSA) is 74.1 Å². The van der Waals surface area contributed by atoms with E-state index in [2.05, 4.69) is 10.3 Å². The number of aromatic nitrogens is 4. The highest BCUT2D eigenvalue weighted by atomic mass is 32.1. The number of thiazole rings is 1. The van der Waals surface area contributed by atoms with Crippen LogP contribution in [0, 0.1) is 13.8 Å². The van der Waals surface area contributed by atoms with Gasteiger partial charge in [0.15, 0.2) is 0 Å². The molecule has 0 aliphatic rings. The molecule has 0 aliphatic heterocycles. The average Bonchev–Trinajstić information content (AvgIpc) is 3.46. The molecule has 158 valence electrons. The Bertz CT molecular complexity index is 1210. The molecule has 0 radical (unpaired) electrons. The molecule has 0 aliphatic carbocycles. The van der Waals surface area contributed by atoms with Gasteiger partial charge in [-0.3, -0.25) is 0 Å². The molecule has 7 nitrogen and oxygen atoms in total. The number of nitrogens with one attached hydrogen (secondary N) is 1. The van der Waals surface area contributed by atoms with Crippen molar-refractivity contribution < 1.29 is 9.47 Å². The lowest BCUT2D eigenvalue weighted by Gasteiger charge is -2.16. The second-order valence-electron chi connectivity index (χ2n) is 6.87. The van der Waals surface area contributed by atoms with Crippen molar-refractivity contribution in [3.63, 3.8) is 0 Å². The quantitative estimate of drug-likeness (QED) is 0.395. The number of hydrogen-bond donors (Lipinski definition) is 1. The van der Waals surface area contributed by atoms with Crippen LogP contribution in [0.2, 0.25) is 0 Å². The van der Waals surface area contributed by atoms with Crippen LogP contribution in [0.15, 0.2) is 54.4 Å². The third-order valence-electron chi connectivity index (χ3n) is 4.71. The second-order valence-corrected chi connectivity index (χ2v) is 7.77. The van der Waals surface area contributed by atoms with Crippen LogP contribution in [-0.4, -0.2) is 34.0 Å². The first-order chi connectivity index (χ1) is 15.1. The first-order valence-corrected chi connectivity index (χ1v) is 10.6. The van der Waals surface area contributed by atoms with Gasteiger partial charge in [0.1, 0.15) is 22.3 Å². The fourth-order valence-electron chi connectivity index (χ4n) is 3.20. The summed E-state index contributed by atoms with van der Waals surface area (Å²) < 4.78 is 12.4. The molecule has 8 heteroatoms. The standard InChI is InChI=1S/C23H23N5O2S/c1-15-13-17(30-4)5-6-19(15)26-22-18(8-11-29-3)21(14-16(2)25-22)28-10-7-20(27-28)23-24-9-12-31-23/h5-14H,1-4H3,(H,25,26)/b11-8+. The highest BCUT2D eigenvalue weighted by Crippen LogP contribution is 2.30. The van der Waals surface area contributed by atoms with Crippen LogP contribution in [0.3, 0.4) is 0 Å². The van der Waals surface area contributed by atoms with E-state index in [1.54, 1.807) is 38.0 Å². The molecule has 1 N–H and O–H groups in total. The van der Waals surface area contributed by atoms with Crippen LogP contribution in [-0.2, 0) is 4.74 Å². The highest BCUT2D eigenvalue weighted by molar-refractivity contribution is 7.13. The maximum Gasteiger partial charge on any atom is 0.143 e. The lowest BCUT2D eigenvalue weighted by atomic mass is 10.1.